The van der Waals surface area contributed by atoms with Crippen molar-refractivity contribution in [1.82, 2.24) is 10.3 Å². The molecule has 1 amide bonds. The van der Waals surface area contributed by atoms with E-state index in [2.05, 4.69) is 10.3 Å². The molecule has 2 heterocycles. The Morgan fingerprint density at radius 2 is 2.18 bits per heavy atom. The number of Topliss-reactive ketones (excluding diaryl/α,β-unsaturated/α-hetero) is 1. The number of carbonyl (C=O) groups excluding carboxylic acids is 2. The Bertz CT molecular complexity index is 659. The number of aryl methyl sites for hydroxylation is 1. The molecule has 0 spiro atoms. The minimum absolute atomic E-state index is 0.00107. The lowest BCUT2D eigenvalue weighted by Gasteiger charge is -2.20. The second kappa shape index (κ2) is 6.04. The number of aromatic nitrogens is 1. The Hall–Kier alpha value is -1.95. The van der Waals surface area contributed by atoms with E-state index >= 15 is 0 Å². The molecule has 0 radical (unpaired) electrons. The molecule has 0 bridgehead atoms. The molecule has 1 fully saturated rings. The van der Waals surface area contributed by atoms with Crippen molar-refractivity contribution in [3.8, 4) is 0 Å². The molecule has 3 rings (SSSR count). The van der Waals surface area contributed by atoms with Crippen LogP contribution in [0.5, 0.6) is 0 Å². The lowest BCUT2D eigenvalue weighted by atomic mass is 9.93. The Morgan fingerprint density at radius 3 is 2.91 bits per heavy atom. The lowest BCUT2D eigenvalue weighted by molar-refractivity contribution is 0.0711. The third-order valence-electron chi connectivity index (χ3n) is 4.38. The van der Waals surface area contributed by atoms with Crippen LogP contribution in [0.15, 0.2) is 10.9 Å². The first-order chi connectivity index (χ1) is 10.6. The molecule has 6 nitrogen and oxygen atoms in total. The van der Waals surface area contributed by atoms with Gasteiger partial charge in [0.2, 0.25) is 0 Å². The van der Waals surface area contributed by atoms with Gasteiger partial charge in [-0.25, -0.2) is 0 Å². The molecule has 0 unspecified atom stereocenters. The van der Waals surface area contributed by atoms with Crippen LogP contribution in [0.2, 0.25) is 0 Å². The number of nitrogens with one attached hydrogen (secondary N) is 2. The second-order valence-electron chi connectivity index (χ2n) is 5.99. The normalized spacial score (nSPS) is 22.2. The fourth-order valence-electron chi connectivity index (χ4n) is 3.12. The molecule has 22 heavy (non-hydrogen) atoms. The van der Waals surface area contributed by atoms with Crippen molar-refractivity contribution in [2.24, 2.45) is 0 Å². The van der Waals surface area contributed by atoms with E-state index in [0.717, 1.165) is 19.3 Å². The summed E-state index contributed by atoms with van der Waals surface area (Å²) in [5.41, 5.74) is 0.676. The summed E-state index contributed by atoms with van der Waals surface area (Å²) in [7, 11) is 0. The topological polar surface area (TPSA) is 88.3 Å². The summed E-state index contributed by atoms with van der Waals surface area (Å²) in [6, 6.07) is 1.27. The quantitative estimate of drug-likeness (QED) is 0.878. The molecule has 2 aliphatic rings. The maximum atomic E-state index is 12.3. The van der Waals surface area contributed by atoms with Crippen LogP contribution >= 0.6 is 0 Å². The lowest BCUT2D eigenvalue weighted by Crippen LogP contribution is -2.42. The van der Waals surface area contributed by atoms with Crippen LogP contribution in [-0.2, 0) is 11.2 Å². The van der Waals surface area contributed by atoms with Gasteiger partial charge in [0.05, 0.1) is 12.1 Å². The third-order valence-corrected chi connectivity index (χ3v) is 4.38. The van der Waals surface area contributed by atoms with Gasteiger partial charge in [0.1, 0.15) is 5.56 Å². The van der Waals surface area contributed by atoms with Crippen molar-refractivity contribution in [2.45, 2.75) is 51.2 Å². The Morgan fingerprint density at radius 1 is 1.36 bits per heavy atom. The minimum atomic E-state index is -0.453. The zero-order valence-corrected chi connectivity index (χ0v) is 12.6. The van der Waals surface area contributed by atoms with Gasteiger partial charge in [0, 0.05) is 24.3 Å². The van der Waals surface area contributed by atoms with E-state index in [4.69, 9.17) is 4.74 Å². The summed E-state index contributed by atoms with van der Waals surface area (Å²) >= 11 is 0. The maximum Gasteiger partial charge on any atom is 0.261 e. The van der Waals surface area contributed by atoms with Gasteiger partial charge in [-0.2, -0.15) is 0 Å². The summed E-state index contributed by atoms with van der Waals surface area (Å²) in [5.74, 6) is -0.468. The van der Waals surface area contributed by atoms with Crippen molar-refractivity contribution >= 4 is 11.7 Å². The predicted molar refractivity (Wildman–Crippen MR) is 80.2 cm³/mol. The SMILES string of the molecule is C[C@@H](NC(=O)c1cc2c([nH]c1=O)CCCC2=O)[C@@H]1CCCO1. The van der Waals surface area contributed by atoms with Crippen molar-refractivity contribution in [3.05, 3.63) is 33.2 Å². The van der Waals surface area contributed by atoms with Crippen molar-refractivity contribution < 1.29 is 14.3 Å². The number of fused-ring (bicyclic) bond motifs is 1. The highest BCUT2D eigenvalue weighted by molar-refractivity contribution is 6.01. The number of ether oxygens (including phenoxy) is 1. The number of amides is 1. The molecule has 1 saturated heterocycles. The van der Waals surface area contributed by atoms with Gasteiger partial charge in [-0.05, 0) is 38.7 Å². The molecule has 1 aromatic rings. The number of pyridine rings is 1. The number of rotatable bonds is 3. The molecule has 2 N–H and O–H groups in total. The van der Waals surface area contributed by atoms with Crippen LogP contribution in [0.3, 0.4) is 0 Å². The minimum Gasteiger partial charge on any atom is -0.376 e. The highest BCUT2D eigenvalue weighted by Gasteiger charge is 2.26. The molecule has 6 heteroatoms. The molecular weight excluding hydrogens is 284 g/mol. The van der Waals surface area contributed by atoms with Crippen molar-refractivity contribution in [2.75, 3.05) is 6.61 Å². The summed E-state index contributed by atoms with van der Waals surface area (Å²) in [4.78, 5) is 39.0. The van der Waals surface area contributed by atoms with Gasteiger partial charge in [-0.1, -0.05) is 0 Å². The molecule has 1 aliphatic heterocycles. The van der Waals surface area contributed by atoms with E-state index in [1.807, 2.05) is 6.92 Å². The zero-order valence-electron chi connectivity index (χ0n) is 12.6. The molecule has 1 aliphatic carbocycles. The molecule has 0 saturated carbocycles. The molecular formula is C16H20N2O4. The van der Waals surface area contributed by atoms with Crippen molar-refractivity contribution in [3.63, 3.8) is 0 Å². The van der Waals surface area contributed by atoms with Crippen LogP contribution in [0.1, 0.15) is 59.0 Å². The number of carbonyl (C=O) groups is 2. The fourth-order valence-corrected chi connectivity index (χ4v) is 3.12. The van der Waals surface area contributed by atoms with Gasteiger partial charge in [0.15, 0.2) is 5.78 Å². The van der Waals surface area contributed by atoms with Crippen LogP contribution in [0, 0.1) is 0 Å². The van der Waals surface area contributed by atoms with E-state index in [1.165, 1.54) is 6.07 Å². The second-order valence-corrected chi connectivity index (χ2v) is 5.99. The van der Waals surface area contributed by atoms with Crippen LogP contribution < -0.4 is 10.9 Å². The molecule has 0 aromatic carbocycles. The summed E-state index contributed by atoms with van der Waals surface area (Å²) < 4.78 is 5.53. The van der Waals surface area contributed by atoms with Gasteiger partial charge >= 0.3 is 0 Å². The first-order valence-corrected chi connectivity index (χ1v) is 7.78. The fraction of sp³-hybridized carbons (Fsp3) is 0.562. The predicted octanol–water partition coefficient (Wildman–Crippen LogP) is 1.19. The summed E-state index contributed by atoms with van der Waals surface area (Å²) in [6.07, 6.45) is 3.75. The molecule has 2 atom stereocenters. The van der Waals surface area contributed by atoms with Crippen LogP contribution in [0.25, 0.3) is 0 Å². The van der Waals surface area contributed by atoms with Crippen molar-refractivity contribution in [1.29, 1.82) is 0 Å². The van der Waals surface area contributed by atoms with E-state index in [-0.39, 0.29) is 23.5 Å². The standard InChI is InChI=1S/C16H20N2O4/c1-9(14-6-3-7-22-14)17-15(20)11-8-10-12(18-16(11)21)4-2-5-13(10)19/h8-9,14H,2-7H2,1H3,(H,17,20)(H,18,21)/t9-,14+/m1/s1. The van der Waals surface area contributed by atoms with Crippen LogP contribution in [0.4, 0.5) is 0 Å². The molecule has 1 aromatic heterocycles. The van der Waals surface area contributed by atoms with Gasteiger partial charge in [-0.3, -0.25) is 14.4 Å². The number of aromatic amines is 1. The maximum absolute atomic E-state index is 12.3. The number of H-pyrrole nitrogens is 1. The first kappa shape index (κ1) is 15.0. The van der Waals surface area contributed by atoms with E-state index < -0.39 is 11.5 Å². The summed E-state index contributed by atoms with van der Waals surface area (Å²) in [5, 5.41) is 2.81. The van der Waals surface area contributed by atoms with E-state index in [9.17, 15) is 14.4 Å². The highest BCUT2D eigenvalue weighted by Crippen LogP contribution is 2.19. The zero-order chi connectivity index (χ0) is 15.7. The van der Waals surface area contributed by atoms with Gasteiger partial charge in [0.25, 0.3) is 11.5 Å². The first-order valence-electron chi connectivity index (χ1n) is 7.78. The summed E-state index contributed by atoms with van der Waals surface area (Å²) in [6.45, 7) is 2.57. The largest absolute Gasteiger partial charge is 0.376 e. The Labute approximate surface area is 128 Å². The highest BCUT2D eigenvalue weighted by atomic mass is 16.5. The van der Waals surface area contributed by atoms with E-state index in [1.54, 1.807) is 0 Å². The Balaban J connectivity index is 1.81. The number of ketones is 1. The average Bonchev–Trinajstić information content (AvgIpc) is 3.01. The number of hydrogen-bond donors (Lipinski definition) is 2. The van der Waals surface area contributed by atoms with E-state index in [0.29, 0.717) is 30.7 Å². The van der Waals surface area contributed by atoms with Gasteiger partial charge in [-0.15, -0.1) is 0 Å². The molecule has 118 valence electrons. The monoisotopic (exact) mass is 304 g/mol. The number of hydrogen-bond acceptors (Lipinski definition) is 4. The van der Waals surface area contributed by atoms with Gasteiger partial charge < -0.3 is 15.0 Å². The van der Waals surface area contributed by atoms with Crippen LogP contribution in [-0.4, -0.2) is 35.4 Å². The third kappa shape index (κ3) is 2.83. The smallest absolute Gasteiger partial charge is 0.261 e. The average molecular weight is 304 g/mol. The Kier molecular flexibility index (Phi) is 4.11.